The number of nitrogens with zero attached hydrogens (tertiary/aromatic N) is 2. The maximum atomic E-state index is 12.0. The Morgan fingerprint density at radius 3 is 2.68 bits per heavy atom. The molecule has 1 fully saturated rings. The fraction of sp³-hybridized carbons (Fsp3) is 0.750. The van der Waals surface area contributed by atoms with Crippen molar-refractivity contribution in [3.63, 3.8) is 0 Å². The van der Waals surface area contributed by atoms with E-state index in [-0.39, 0.29) is 12.3 Å². The fourth-order valence-corrected chi connectivity index (χ4v) is 2.31. The van der Waals surface area contributed by atoms with Gasteiger partial charge in [-0.15, -0.1) is 0 Å². The smallest absolute Gasteiger partial charge is 0.417 e. The molecule has 0 aromatic carbocycles. The Balaban J connectivity index is 2.88. The topological polar surface area (TPSA) is 79.2 Å². The van der Waals surface area contributed by atoms with Gasteiger partial charge in [0.1, 0.15) is 5.60 Å². The van der Waals surface area contributed by atoms with Gasteiger partial charge in [0.05, 0.1) is 18.2 Å². The molecule has 0 aromatic heterocycles. The molecule has 2 amide bonds. The average Bonchev–Trinajstić information content (AvgIpc) is 2.60. The SMILES string of the molecule is CSCC[C@H]1/C(=N/O)CC(=O)N1C(=O)OC(C)(C)C. The number of carbonyl (C=O) groups excluding carboxylic acids is 2. The highest BCUT2D eigenvalue weighted by molar-refractivity contribution is 7.98. The minimum absolute atomic E-state index is 0.0329. The van der Waals surface area contributed by atoms with Crippen LogP contribution >= 0.6 is 11.8 Å². The fourth-order valence-electron chi connectivity index (χ4n) is 1.85. The molecule has 7 heteroatoms. The van der Waals surface area contributed by atoms with E-state index in [4.69, 9.17) is 9.94 Å². The first-order valence-electron chi connectivity index (χ1n) is 6.05. The van der Waals surface area contributed by atoms with Crippen molar-refractivity contribution in [2.75, 3.05) is 12.0 Å². The molecule has 0 aliphatic carbocycles. The van der Waals surface area contributed by atoms with E-state index < -0.39 is 17.7 Å². The van der Waals surface area contributed by atoms with E-state index in [0.29, 0.717) is 12.1 Å². The normalized spacial score (nSPS) is 22.1. The summed E-state index contributed by atoms with van der Waals surface area (Å²) in [5, 5.41) is 12.1. The highest BCUT2D eigenvalue weighted by Crippen LogP contribution is 2.23. The summed E-state index contributed by atoms with van der Waals surface area (Å²) in [7, 11) is 0. The molecule has 1 atom stereocenters. The monoisotopic (exact) mass is 288 g/mol. The van der Waals surface area contributed by atoms with Gasteiger partial charge in [0.25, 0.3) is 0 Å². The van der Waals surface area contributed by atoms with Crippen molar-refractivity contribution in [3.8, 4) is 0 Å². The summed E-state index contributed by atoms with van der Waals surface area (Å²) in [6.07, 6.45) is 1.78. The molecule has 1 saturated heterocycles. The van der Waals surface area contributed by atoms with E-state index in [1.807, 2.05) is 6.26 Å². The highest BCUT2D eigenvalue weighted by atomic mass is 32.2. The number of rotatable bonds is 3. The van der Waals surface area contributed by atoms with Crippen LogP contribution in [0.3, 0.4) is 0 Å². The first-order valence-corrected chi connectivity index (χ1v) is 7.44. The van der Waals surface area contributed by atoms with Crippen molar-refractivity contribution in [1.29, 1.82) is 0 Å². The van der Waals surface area contributed by atoms with Gasteiger partial charge in [0.15, 0.2) is 0 Å². The zero-order valence-corrected chi connectivity index (χ0v) is 12.5. The van der Waals surface area contributed by atoms with Crippen LogP contribution in [0.15, 0.2) is 5.16 Å². The molecule has 0 spiro atoms. The van der Waals surface area contributed by atoms with E-state index in [2.05, 4.69) is 5.16 Å². The summed E-state index contributed by atoms with van der Waals surface area (Å²) in [6.45, 7) is 5.22. The molecular weight excluding hydrogens is 268 g/mol. The second-order valence-corrected chi connectivity index (χ2v) is 6.30. The summed E-state index contributed by atoms with van der Waals surface area (Å²) in [5.41, 5.74) is -0.342. The summed E-state index contributed by atoms with van der Waals surface area (Å²) in [4.78, 5) is 25.0. The molecule has 1 aliphatic rings. The standard InChI is InChI=1S/C12H20N2O4S/c1-12(2,3)18-11(16)14-9(5-6-19-4)8(13-17)7-10(14)15/h9,17H,5-7H2,1-4H3/b13-8+/t9-/m0/s1. The molecule has 1 N–H and O–H groups in total. The number of ether oxygens (including phenoxy) is 1. The summed E-state index contributed by atoms with van der Waals surface area (Å²) >= 11 is 1.60. The van der Waals surface area contributed by atoms with Crippen LogP contribution in [0.4, 0.5) is 4.79 Å². The molecule has 0 unspecified atom stereocenters. The van der Waals surface area contributed by atoms with Crippen LogP contribution < -0.4 is 0 Å². The molecule has 108 valence electrons. The summed E-state index contributed by atoms with van der Waals surface area (Å²) in [5.74, 6) is 0.379. The van der Waals surface area contributed by atoms with Crippen molar-refractivity contribution in [2.45, 2.75) is 45.3 Å². The number of imide groups is 1. The lowest BCUT2D eigenvalue weighted by Gasteiger charge is -2.27. The highest BCUT2D eigenvalue weighted by Gasteiger charge is 2.42. The second-order valence-electron chi connectivity index (χ2n) is 5.31. The molecule has 1 heterocycles. The van der Waals surface area contributed by atoms with Crippen LogP contribution in [0.5, 0.6) is 0 Å². The number of carbonyl (C=O) groups is 2. The van der Waals surface area contributed by atoms with Crippen molar-refractivity contribution in [1.82, 2.24) is 4.90 Å². The van der Waals surface area contributed by atoms with Gasteiger partial charge in [-0.2, -0.15) is 11.8 Å². The first-order chi connectivity index (χ1) is 8.80. The Morgan fingerprint density at radius 1 is 1.58 bits per heavy atom. The maximum absolute atomic E-state index is 12.0. The Bertz CT molecular complexity index is 390. The summed E-state index contributed by atoms with van der Waals surface area (Å²) in [6, 6.07) is -0.500. The first kappa shape index (κ1) is 15.8. The Kier molecular flexibility index (Phi) is 5.22. The zero-order chi connectivity index (χ0) is 14.6. The number of hydrogen-bond donors (Lipinski definition) is 1. The van der Waals surface area contributed by atoms with Crippen LogP contribution in [0, 0.1) is 0 Å². The largest absolute Gasteiger partial charge is 0.443 e. The predicted octanol–water partition coefficient (Wildman–Crippen LogP) is 2.11. The van der Waals surface area contributed by atoms with E-state index >= 15 is 0 Å². The van der Waals surface area contributed by atoms with E-state index in [1.54, 1.807) is 32.5 Å². The molecule has 0 bridgehead atoms. The lowest BCUT2D eigenvalue weighted by Crippen LogP contribution is -2.43. The van der Waals surface area contributed by atoms with Crippen LogP contribution in [-0.4, -0.2) is 51.5 Å². The molecule has 1 aliphatic heterocycles. The number of amides is 2. The maximum Gasteiger partial charge on any atom is 0.417 e. The summed E-state index contributed by atoms with van der Waals surface area (Å²) < 4.78 is 5.22. The second kappa shape index (κ2) is 6.27. The van der Waals surface area contributed by atoms with Crippen molar-refractivity contribution in [3.05, 3.63) is 0 Å². The van der Waals surface area contributed by atoms with Gasteiger partial charge in [0, 0.05) is 0 Å². The van der Waals surface area contributed by atoms with Gasteiger partial charge in [0.2, 0.25) is 5.91 Å². The van der Waals surface area contributed by atoms with Gasteiger partial charge in [-0.05, 0) is 39.2 Å². The molecule has 0 aromatic rings. The Hall–Kier alpha value is -1.24. The number of likely N-dealkylation sites (tertiary alicyclic amines) is 1. The Morgan fingerprint density at radius 2 is 2.21 bits per heavy atom. The third-order valence-corrected chi connectivity index (χ3v) is 3.26. The quantitative estimate of drug-likeness (QED) is 0.635. The number of hydrogen-bond acceptors (Lipinski definition) is 6. The van der Waals surface area contributed by atoms with Crippen molar-refractivity contribution >= 4 is 29.5 Å². The van der Waals surface area contributed by atoms with Crippen molar-refractivity contribution in [2.24, 2.45) is 5.16 Å². The van der Waals surface area contributed by atoms with Gasteiger partial charge in [-0.1, -0.05) is 5.16 Å². The lowest BCUT2D eigenvalue weighted by atomic mass is 10.1. The molecule has 0 saturated carbocycles. The van der Waals surface area contributed by atoms with E-state index in [0.717, 1.165) is 10.7 Å². The molecule has 19 heavy (non-hydrogen) atoms. The van der Waals surface area contributed by atoms with E-state index in [9.17, 15) is 9.59 Å². The van der Waals surface area contributed by atoms with Gasteiger partial charge >= 0.3 is 6.09 Å². The van der Waals surface area contributed by atoms with Crippen LogP contribution in [0.2, 0.25) is 0 Å². The number of thioether (sulfide) groups is 1. The van der Waals surface area contributed by atoms with Crippen LogP contribution in [0.1, 0.15) is 33.6 Å². The van der Waals surface area contributed by atoms with Gasteiger partial charge < -0.3 is 9.94 Å². The van der Waals surface area contributed by atoms with E-state index in [1.165, 1.54) is 0 Å². The third kappa shape index (κ3) is 4.12. The van der Waals surface area contributed by atoms with Crippen molar-refractivity contribution < 1.29 is 19.5 Å². The lowest BCUT2D eigenvalue weighted by molar-refractivity contribution is -0.128. The molecule has 1 rings (SSSR count). The molecular formula is C12H20N2O4S. The minimum atomic E-state index is -0.678. The van der Waals surface area contributed by atoms with Crippen LogP contribution in [-0.2, 0) is 9.53 Å². The average molecular weight is 288 g/mol. The van der Waals surface area contributed by atoms with Gasteiger partial charge in [-0.25, -0.2) is 9.69 Å². The van der Waals surface area contributed by atoms with Crippen LogP contribution in [0.25, 0.3) is 0 Å². The minimum Gasteiger partial charge on any atom is -0.443 e. The zero-order valence-electron chi connectivity index (χ0n) is 11.7. The third-order valence-electron chi connectivity index (χ3n) is 2.61. The predicted molar refractivity (Wildman–Crippen MR) is 73.7 cm³/mol. The van der Waals surface area contributed by atoms with Gasteiger partial charge in [-0.3, -0.25) is 4.79 Å². The molecule has 0 radical (unpaired) electrons. The Labute approximate surface area is 117 Å². The molecule has 6 nitrogen and oxygen atoms in total. The number of oxime groups is 1.